The minimum Gasteiger partial charge on any atom is -0.330 e. The topological polar surface area (TPSA) is 43.1 Å². The number of Topliss-reactive ketones (excluding diaryl/α,β-unsaturated/α-hetero) is 1. The van der Waals surface area contributed by atoms with Gasteiger partial charge in [-0.1, -0.05) is 25.5 Å². The van der Waals surface area contributed by atoms with E-state index < -0.39 is 11.7 Å². The van der Waals surface area contributed by atoms with Gasteiger partial charge in [-0.2, -0.15) is 13.2 Å². The first-order chi connectivity index (χ1) is 8.88. The van der Waals surface area contributed by atoms with Crippen molar-refractivity contribution in [1.82, 2.24) is 0 Å². The molecule has 0 bridgehead atoms. The lowest BCUT2D eigenvalue weighted by Crippen LogP contribution is -2.25. The van der Waals surface area contributed by atoms with Gasteiger partial charge in [0.25, 0.3) is 0 Å². The molecule has 1 unspecified atom stereocenters. The molecule has 0 saturated heterocycles. The van der Waals surface area contributed by atoms with Crippen molar-refractivity contribution in [2.24, 2.45) is 11.7 Å². The van der Waals surface area contributed by atoms with Crippen molar-refractivity contribution in [2.45, 2.75) is 32.4 Å². The summed E-state index contributed by atoms with van der Waals surface area (Å²) in [6, 6.07) is 4.69. The molecule has 19 heavy (non-hydrogen) atoms. The first-order valence-corrected chi connectivity index (χ1v) is 6.27. The number of alkyl halides is 3. The Bertz CT molecular complexity index is 412. The first kappa shape index (κ1) is 15.7. The second-order valence-electron chi connectivity index (χ2n) is 4.56. The van der Waals surface area contributed by atoms with Gasteiger partial charge >= 0.3 is 6.18 Å². The lowest BCUT2D eigenvalue weighted by atomic mass is 9.94. The van der Waals surface area contributed by atoms with E-state index in [0.29, 0.717) is 5.56 Å². The van der Waals surface area contributed by atoms with Gasteiger partial charge in [0.05, 0.1) is 5.56 Å². The molecule has 0 radical (unpaired) electrons. The minimum absolute atomic E-state index is 0.0101. The van der Waals surface area contributed by atoms with E-state index in [-0.39, 0.29) is 24.7 Å². The predicted molar refractivity (Wildman–Crippen MR) is 67.6 cm³/mol. The molecule has 2 N–H and O–H groups in total. The van der Waals surface area contributed by atoms with Gasteiger partial charge in [-0.15, -0.1) is 0 Å². The summed E-state index contributed by atoms with van der Waals surface area (Å²) >= 11 is 0. The molecular formula is C14H18F3NO. The summed E-state index contributed by atoms with van der Waals surface area (Å²) in [5.74, 6) is -0.212. The Labute approximate surface area is 110 Å². The molecular weight excluding hydrogens is 255 g/mol. The Kier molecular flexibility index (Phi) is 5.54. The molecule has 0 aromatic heterocycles. The third-order valence-electron chi connectivity index (χ3n) is 3.04. The molecule has 1 aromatic carbocycles. The lowest BCUT2D eigenvalue weighted by Gasteiger charge is -2.13. The van der Waals surface area contributed by atoms with Crippen LogP contribution < -0.4 is 5.73 Å². The molecule has 1 atom stereocenters. The zero-order chi connectivity index (χ0) is 14.5. The monoisotopic (exact) mass is 273 g/mol. The van der Waals surface area contributed by atoms with Crippen molar-refractivity contribution in [2.75, 3.05) is 6.54 Å². The zero-order valence-electron chi connectivity index (χ0n) is 10.8. The summed E-state index contributed by atoms with van der Waals surface area (Å²) in [6.07, 6.45) is -2.62. The van der Waals surface area contributed by atoms with Crippen LogP contribution in [0.3, 0.4) is 0 Å². The number of rotatable bonds is 6. The summed E-state index contributed by atoms with van der Waals surface area (Å²) in [4.78, 5) is 11.9. The van der Waals surface area contributed by atoms with Crippen LogP contribution in [0.15, 0.2) is 24.3 Å². The molecule has 1 aromatic rings. The quantitative estimate of drug-likeness (QED) is 0.865. The van der Waals surface area contributed by atoms with Crippen molar-refractivity contribution in [3.8, 4) is 0 Å². The molecule has 5 heteroatoms. The second-order valence-corrected chi connectivity index (χ2v) is 4.56. The smallest absolute Gasteiger partial charge is 0.330 e. The van der Waals surface area contributed by atoms with Gasteiger partial charge in [0.1, 0.15) is 5.78 Å². The maximum Gasteiger partial charge on any atom is 0.416 e. The van der Waals surface area contributed by atoms with E-state index in [1.165, 1.54) is 12.1 Å². The summed E-state index contributed by atoms with van der Waals surface area (Å²) in [5, 5.41) is 0. The highest BCUT2D eigenvalue weighted by Gasteiger charge is 2.30. The van der Waals surface area contributed by atoms with E-state index in [0.717, 1.165) is 25.0 Å². The summed E-state index contributed by atoms with van der Waals surface area (Å²) < 4.78 is 37.1. The largest absolute Gasteiger partial charge is 0.416 e. The van der Waals surface area contributed by atoms with Crippen molar-refractivity contribution < 1.29 is 18.0 Å². The highest BCUT2D eigenvalue weighted by atomic mass is 19.4. The standard InChI is InChI=1S/C14H18F3NO/c1-2-3-11(9-18)13(19)8-10-4-6-12(7-5-10)14(15,16)17/h4-7,11H,2-3,8-9,18H2,1H3. The van der Waals surface area contributed by atoms with Crippen molar-refractivity contribution in [1.29, 1.82) is 0 Å². The number of halogens is 3. The Balaban J connectivity index is 2.70. The van der Waals surface area contributed by atoms with E-state index in [4.69, 9.17) is 5.73 Å². The van der Waals surface area contributed by atoms with Crippen LogP contribution in [-0.2, 0) is 17.4 Å². The SMILES string of the molecule is CCCC(CN)C(=O)Cc1ccc(C(F)(F)F)cc1. The van der Waals surface area contributed by atoms with Gasteiger partial charge in [0, 0.05) is 18.9 Å². The van der Waals surface area contributed by atoms with Crippen LogP contribution in [0.2, 0.25) is 0 Å². The number of ketones is 1. The zero-order valence-corrected chi connectivity index (χ0v) is 10.8. The van der Waals surface area contributed by atoms with E-state index in [2.05, 4.69) is 0 Å². The van der Waals surface area contributed by atoms with Crippen LogP contribution in [-0.4, -0.2) is 12.3 Å². The second kappa shape index (κ2) is 6.70. The van der Waals surface area contributed by atoms with Crippen LogP contribution in [0, 0.1) is 5.92 Å². The first-order valence-electron chi connectivity index (χ1n) is 6.27. The Morgan fingerprint density at radius 3 is 2.26 bits per heavy atom. The van der Waals surface area contributed by atoms with Gasteiger partial charge in [-0.05, 0) is 24.1 Å². The highest BCUT2D eigenvalue weighted by Crippen LogP contribution is 2.29. The lowest BCUT2D eigenvalue weighted by molar-refractivity contribution is -0.137. The maximum atomic E-state index is 12.4. The molecule has 0 amide bonds. The number of benzene rings is 1. The van der Waals surface area contributed by atoms with Crippen LogP contribution in [0.5, 0.6) is 0 Å². The summed E-state index contributed by atoms with van der Waals surface area (Å²) in [5.41, 5.74) is 5.41. The number of hydrogen-bond acceptors (Lipinski definition) is 2. The van der Waals surface area contributed by atoms with Gasteiger partial charge in [0.2, 0.25) is 0 Å². The van der Waals surface area contributed by atoms with E-state index in [1.54, 1.807) is 0 Å². The molecule has 0 aliphatic carbocycles. The molecule has 106 valence electrons. The number of carbonyl (C=O) groups excluding carboxylic acids is 1. The molecule has 0 fully saturated rings. The Hall–Kier alpha value is -1.36. The maximum absolute atomic E-state index is 12.4. The van der Waals surface area contributed by atoms with E-state index >= 15 is 0 Å². The summed E-state index contributed by atoms with van der Waals surface area (Å²) in [7, 11) is 0. The fourth-order valence-electron chi connectivity index (χ4n) is 1.92. The number of hydrogen-bond donors (Lipinski definition) is 1. The summed E-state index contributed by atoms with van der Waals surface area (Å²) in [6.45, 7) is 2.25. The molecule has 0 spiro atoms. The normalized spacial score (nSPS) is 13.3. The fourth-order valence-corrected chi connectivity index (χ4v) is 1.92. The predicted octanol–water partition coefficient (Wildman–Crippen LogP) is 3.19. The fraction of sp³-hybridized carbons (Fsp3) is 0.500. The van der Waals surface area contributed by atoms with Crippen molar-refractivity contribution in [3.63, 3.8) is 0 Å². The molecule has 1 rings (SSSR count). The van der Waals surface area contributed by atoms with Crippen molar-refractivity contribution >= 4 is 5.78 Å². The third-order valence-corrected chi connectivity index (χ3v) is 3.04. The van der Waals surface area contributed by atoms with E-state index in [1.807, 2.05) is 6.92 Å². The van der Waals surface area contributed by atoms with Crippen LogP contribution in [0.25, 0.3) is 0 Å². The van der Waals surface area contributed by atoms with Crippen LogP contribution in [0.1, 0.15) is 30.9 Å². The Morgan fingerprint density at radius 1 is 1.26 bits per heavy atom. The van der Waals surface area contributed by atoms with Gasteiger partial charge < -0.3 is 5.73 Å². The Morgan fingerprint density at radius 2 is 1.84 bits per heavy atom. The van der Waals surface area contributed by atoms with Crippen LogP contribution in [0.4, 0.5) is 13.2 Å². The molecule has 0 aliphatic rings. The number of nitrogens with two attached hydrogens (primary N) is 1. The van der Waals surface area contributed by atoms with Gasteiger partial charge in [0.15, 0.2) is 0 Å². The molecule has 0 aliphatic heterocycles. The molecule has 2 nitrogen and oxygen atoms in total. The minimum atomic E-state index is -4.34. The number of carbonyl (C=O) groups is 1. The highest BCUT2D eigenvalue weighted by molar-refractivity contribution is 5.83. The van der Waals surface area contributed by atoms with Gasteiger partial charge in [-0.25, -0.2) is 0 Å². The van der Waals surface area contributed by atoms with E-state index in [9.17, 15) is 18.0 Å². The van der Waals surface area contributed by atoms with Gasteiger partial charge in [-0.3, -0.25) is 4.79 Å². The molecule has 0 saturated carbocycles. The van der Waals surface area contributed by atoms with Crippen molar-refractivity contribution in [3.05, 3.63) is 35.4 Å². The molecule has 0 heterocycles. The average Bonchev–Trinajstić information content (AvgIpc) is 2.35. The van der Waals surface area contributed by atoms with Crippen LogP contribution >= 0.6 is 0 Å². The third kappa shape index (κ3) is 4.67. The average molecular weight is 273 g/mol.